The molecule has 74 valence electrons. The average molecular weight is 190 g/mol. The summed E-state index contributed by atoms with van der Waals surface area (Å²) in [5.41, 5.74) is 1.15. The molecule has 0 aliphatic rings. The van der Waals surface area contributed by atoms with E-state index in [1.807, 2.05) is 42.5 Å². The van der Waals surface area contributed by atoms with Gasteiger partial charge < -0.3 is 9.84 Å². The highest BCUT2D eigenvalue weighted by atomic mass is 16.5. The van der Waals surface area contributed by atoms with Gasteiger partial charge in [-0.1, -0.05) is 42.5 Å². The van der Waals surface area contributed by atoms with Crippen molar-refractivity contribution in [2.24, 2.45) is 0 Å². The molecule has 0 heterocycles. The first-order valence-electron chi connectivity index (χ1n) is 4.54. The van der Waals surface area contributed by atoms with Crippen molar-refractivity contribution in [1.82, 2.24) is 0 Å². The van der Waals surface area contributed by atoms with Crippen LogP contribution in [-0.4, -0.2) is 18.3 Å². The molecule has 0 saturated carbocycles. The monoisotopic (exact) mass is 190 g/mol. The molecule has 0 fully saturated rings. The van der Waals surface area contributed by atoms with Crippen molar-refractivity contribution in [3.8, 4) is 0 Å². The third-order valence-corrected chi connectivity index (χ3v) is 1.58. The molecule has 1 rings (SSSR count). The van der Waals surface area contributed by atoms with E-state index in [1.165, 1.54) is 0 Å². The minimum absolute atomic E-state index is 0.0484. The zero-order chi connectivity index (χ0) is 10.1. The summed E-state index contributed by atoms with van der Waals surface area (Å²) < 4.78 is 4.94. The van der Waals surface area contributed by atoms with Crippen LogP contribution in [0, 0.1) is 0 Å². The van der Waals surface area contributed by atoms with Crippen LogP contribution in [0.5, 0.6) is 0 Å². The van der Waals surface area contributed by atoms with Crippen LogP contribution in [0.15, 0.2) is 48.7 Å². The minimum Gasteiger partial charge on any atom is -0.499 e. The summed E-state index contributed by atoms with van der Waals surface area (Å²) in [4.78, 5) is 0. The Bertz CT molecular complexity index is 288. The standard InChI is InChI=1S/C12H14O2/c13-9-11-14-10-5-4-8-12-6-2-1-3-7-12/h1-8,10,13H,9,11H2. The molecule has 0 amide bonds. The lowest BCUT2D eigenvalue weighted by atomic mass is 10.2. The fourth-order valence-corrected chi connectivity index (χ4v) is 0.952. The molecule has 0 bridgehead atoms. The Hall–Kier alpha value is -1.54. The van der Waals surface area contributed by atoms with Crippen molar-refractivity contribution in [2.45, 2.75) is 0 Å². The summed E-state index contributed by atoms with van der Waals surface area (Å²) in [7, 11) is 0. The number of aliphatic hydroxyl groups excluding tert-OH is 1. The topological polar surface area (TPSA) is 29.5 Å². The van der Waals surface area contributed by atoms with E-state index in [9.17, 15) is 0 Å². The first-order chi connectivity index (χ1) is 6.93. The van der Waals surface area contributed by atoms with Crippen molar-refractivity contribution in [3.63, 3.8) is 0 Å². The summed E-state index contributed by atoms with van der Waals surface area (Å²) in [6.07, 6.45) is 7.24. The zero-order valence-electron chi connectivity index (χ0n) is 7.97. The molecule has 1 N–H and O–H groups in total. The van der Waals surface area contributed by atoms with Crippen molar-refractivity contribution in [1.29, 1.82) is 0 Å². The Morgan fingerprint density at radius 2 is 1.93 bits per heavy atom. The number of benzene rings is 1. The smallest absolute Gasteiger partial charge is 0.110 e. The fraction of sp³-hybridized carbons (Fsp3) is 0.167. The maximum absolute atomic E-state index is 8.42. The van der Waals surface area contributed by atoms with Gasteiger partial charge in [0.05, 0.1) is 12.9 Å². The van der Waals surface area contributed by atoms with Gasteiger partial charge in [-0.15, -0.1) is 0 Å². The van der Waals surface area contributed by atoms with Gasteiger partial charge in [0.2, 0.25) is 0 Å². The Balaban J connectivity index is 2.31. The quantitative estimate of drug-likeness (QED) is 0.438. The SMILES string of the molecule is OCCOC=CC=Cc1ccccc1. The Morgan fingerprint density at radius 1 is 1.14 bits per heavy atom. The van der Waals surface area contributed by atoms with Crippen molar-refractivity contribution < 1.29 is 9.84 Å². The molecule has 2 nitrogen and oxygen atoms in total. The number of rotatable bonds is 5. The molecule has 0 aliphatic carbocycles. The second-order valence-corrected chi connectivity index (χ2v) is 2.69. The molecule has 0 radical (unpaired) electrons. The highest BCUT2D eigenvalue weighted by molar-refractivity contribution is 5.50. The summed E-state index contributed by atoms with van der Waals surface area (Å²) in [6, 6.07) is 10.0. The van der Waals surface area contributed by atoms with E-state index in [-0.39, 0.29) is 6.61 Å². The van der Waals surface area contributed by atoms with Crippen LogP contribution in [-0.2, 0) is 4.74 Å². The second kappa shape index (κ2) is 6.92. The van der Waals surface area contributed by atoms with Crippen LogP contribution >= 0.6 is 0 Å². The predicted octanol–water partition coefficient (Wildman–Crippen LogP) is 2.22. The molecule has 0 unspecified atom stereocenters. The van der Waals surface area contributed by atoms with Gasteiger partial charge in [-0.2, -0.15) is 0 Å². The molecule has 0 aromatic heterocycles. The Labute approximate surface area is 84.1 Å². The molecule has 0 saturated heterocycles. The number of hydrogen-bond acceptors (Lipinski definition) is 2. The number of ether oxygens (including phenoxy) is 1. The Morgan fingerprint density at radius 3 is 2.64 bits per heavy atom. The van der Waals surface area contributed by atoms with Crippen molar-refractivity contribution in [3.05, 3.63) is 54.3 Å². The molecule has 2 heteroatoms. The van der Waals surface area contributed by atoms with Crippen LogP contribution in [0.4, 0.5) is 0 Å². The number of aliphatic hydroxyl groups is 1. The van der Waals surface area contributed by atoms with E-state index in [1.54, 1.807) is 12.3 Å². The summed E-state index contributed by atoms with van der Waals surface area (Å²) in [5.74, 6) is 0. The van der Waals surface area contributed by atoms with Gasteiger partial charge >= 0.3 is 0 Å². The molecular formula is C12H14O2. The van der Waals surface area contributed by atoms with Crippen LogP contribution < -0.4 is 0 Å². The molecule has 0 aliphatic heterocycles. The summed E-state index contributed by atoms with van der Waals surface area (Å²) in [5, 5.41) is 8.42. The lowest BCUT2D eigenvalue weighted by molar-refractivity contribution is 0.166. The lowest BCUT2D eigenvalue weighted by Crippen LogP contribution is -1.91. The number of allylic oxidation sites excluding steroid dienone is 2. The van der Waals surface area contributed by atoms with Crippen LogP contribution in [0.25, 0.3) is 6.08 Å². The maximum Gasteiger partial charge on any atom is 0.110 e. The average Bonchev–Trinajstić information content (AvgIpc) is 2.25. The van der Waals surface area contributed by atoms with Gasteiger partial charge in [0.1, 0.15) is 6.61 Å². The second-order valence-electron chi connectivity index (χ2n) is 2.69. The van der Waals surface area contributed by atoms with Crippen molar-refractivity contribution in [2.75, 3.05) is 13.2 Å². The largest absolute Gasteiger partial charge is 0.499 e. The zero-order valence-corrected chi connectivity index (χ0v) is 7.97. The molecule has 14 heavy (non-hydrogen) atoms. The third-order valence-electron chi connectivity index (χ3n) is 1.58. The van der Waals surface area contributed by atoms with Crippen molar-refractivity contribution >= 4 is 6.08 Å². The summed E-state index contributed by atoms with van der Waals surface area (Å²) >= 11 is 0. The van der Waals surface area contributed by atoms with Gasteiger partial charge in [0.25, 0.3) is 0 Å². The molecule has 1 aromatic rings. The first kappa shape index (κ1) is 10.5. The third kappa shape index (κ3) is 4.48. The minimum atomic E-state index is 0.0484. The van der Waals surface area contributed by atoms with E-state index in [2.05, 4.69) is 0 Å². The fourth-order valence-electron chi connectivity index (χ4n) is 0.952. The summed E-state index contributed by atoms with van der Waals surface area (Å²) in [6.45, 7) is 0.391. The van der Waals surface area contributed by atoms with E-state index in [0.717, 1.165) is 5.56 Å². The van der Waals surface area contributed by atoms with Gasteiger partial charge in [-0.05, 0) is 11.6 Å². The maximum atomic E-state index is 8.42. The van der Waals surface area contributed by atoms with Gasteiger partial charge in [0.15, 0.2) is 0 Å². The molecule has 1 aromatic carbocycles. The van der Waals surface area contributed by atoms with E-state index in [0.29, 0.717) is 6.61 Å². The van der Waals surface area contributed by atoms with Gasteiger partial charge in [-0.25, -0.2) is 0 Å². The van der Waals surface area contributed by atoms with Gasteiger partial charge in [0, 0.05) is 0 Å². The van der Waals surface area contributed by atoms with Gasteiger partial charge in [-0.3, -0.25) is 0 Å². The molecule has 0 spiro atoms. The lowest BCUT2D eigenvalue weighted by Gasteiger charge is -1.92. The molecular weight excluding hydrogens is 176 g/mol. The van der Waals surface area contributed by atoms with E-state index >= 15 is 0 Å². The highest BCUT2D eigenvalue weighted by Gasteiger charge is 1.79. The predicted molar refractivity (Wildman–Crippen MR) is 57.7 cm³/mol. The number of hydrogen-bond donors (Lipinski definition) is 1. The molecule has 0 atom stereocenters. The van der Waals surface area contributed by atoms with Crippen LogP contribution in [0.2, 0.25) is 0 Å². The highest BCUT2D eigenvalue weighted by Crippen LogP contribution is 2.00. The normalized spacial score (nSPS) is 11.2. The van der Waals surface area contributed by atoms with Crippen LogP contribution in [0.1, 0.15) is 5.56 Å². The van der Waals surface area contributed by atoms with Crippen LogP contribution in [0.3, 0.4) is 0 Å². The van der Waals surface area contributed by atoms with E-state index < -0.39 is 0 Å². The Kier molecular flexibility index (Phi) is 5.21. The van der Waals surface area contributed by atoms with E-state index in [4.69, 9.17) is 9.84 Å². The first-order valence-corrected chi connectivity index (χ1v) is 4.54.